The number of hydrogen-bond donors (Lipinski definition) is 2. The molecule has 1 aliphatic carbocycles. The van der Waals surface area contributed by atoms with Crippen LogP contribution in [0.2, 0.25) is 0 Å². The van der Waals surface area contributed by atoms with Gasteiger partial charge in [-0.2, -0.15) is 5.48 Å². The van der Waals surface area contributed by atoms with Crippen LogP contribution < -0.4 is 10.8 Å². The monoisotopic (exact) mass is 372 g/mol. The topological polar surface area (TPSA) is 93.2 Å². The summed E-state index contributed by atoms with van der Waals surface area (Å²) in [4.78, 5) is 28.0. The Bertz CT molecular complexity index is 818. The standard InChI is InChI=1S/C19H21FN4O3/c1-19(2,13-5-7-14(20)8-6-13)11-21-16-10-9-15(22-23-16)17(25)24-27-18(26)12-3-4-12/h5-10,12H,3-4,11H2,1-2H3,(H,21,23)(H,24,25). The molecular weight excluding hydrogens is 351 g/mol. The number of nitrogens with zero attached hydrogens (tertiary/aromatic N) is 2. The third-order valence-corrected chi connectivity index (χ3v) is 4.39. The van der Waals surface area contributed by atoms with E-state index in [1.54, 1.807) is 18.2 Å². The highest BCUT2D eigenvalue weighted by Crippen LogP contribution is 2.29. The van der Waals surface area contributed by atoms with Gasteiger partial charge in [0.1, 0.15) is 11.6 Å². The molecule has 0 radical (unpaired) electrons. The Morgan fingerprint density at radius 3 is 2.44 bits per heavy atom. The predicted molar refractivity (Wildman–Crippen MR) is 96.2 cm³/mol. The molecular formula is C19H21FN4O3. The van der Waals surface area contributed by atoms with E-state index in [4.69, 9.17) is 4.84 Å². The quantitative estimate of drug-likeness (QED) is 0.757. The fourth-order valence-electron chi connectivity index (χ4n) is 2.41. The van der Waals surface area contributed by atoms with Crippen LogP contribution in [0.1, 0.15) is 42.7 Å². The molecule has 1 aromatic heterocycles. The van der Waals surface area contributed by atoms with Crippen molar-refractivity contribution in [2.75, 3.05) is 11.9 Å². The van der Waals surface area contributed by atoms with Gasteiger partial charge in [0.25, 0.3) is 0 Å². The van der Waals surface area contributed by atoms with Gasteiger partial charge >= 0.3 is 11.9 Å². The molecule has 2 N–H and O–H groups in total. The van der Waals surface area contributed by atoms with Gasteiger partial charge in [0, 0.05) is 12.0 Å². The van der Waals surface area contributed by atoms with E-state index >= 15 is 0 Å². The lowest BCUT2D eigenvalue weighted by molar-refractivity contribution is -0.150. The Kier molecular flexibility index (Phi) is 5.34. The van der Waals surface area contributed by atoms with Crippen LogP contribution in [0.25, 0.3) is 0 Å². The summed E-state index contributed by atoms with van der Waals surface area (Å²) in [5, 5.41) is 11.0. The molecule has 1 amide bonds. The van der Waals surface area contributed by atoms with Gasteiger partial charge in [-0.3, -0.25) is 4.79 Å². The second-order valence-corrected chi connectivity index (χ2v) is 7.17. The number of rotatable bonds is 6. The minimum Gasteiger partial charge on any atom is -0.368 e. The first kappa shape index (κ1) is 18.8. The zero-order valence-electron chi connectivity index (χ0n) is 15.2. The lowest BCUT2D eigenvalue weighted by Gasteiger charge is -2.25. The number of benzene rings is 1. The normalized spacial score (nSPS) is 13.7. The SMILES string of the molecule is CC(C)(CNc1ccc(C(=O)NOC(=O)C2CC2)nn1)c1ccc(F)cc1. The number of hydrogen-bond acceptors (Lipinski definition) is 6. The zero-order chi connectivity index (χ0) is 19.4. The van der Waals surface area contributed by atoms with Crippen LogP contribution >= 0.6 is 0 Å². The molecule has 27 heavy (non-hydrogen) atoms. The van der Waals surface area contributed by atoms with Crippen molar-refractivity contribution in [2.45, 2.75) is 32.1 Å². The van der Waals surface area contributed by atoms with E-state index in [9.17, 15) is 14.0 Å². The highest BCUT2D eigenvalue weighted by Gasteiger charge is 2.32. The fraction of sp³-hybridized carbons (Fsp3) is 0.368. The molecule has 1 saturated carbocycles. The van der Waals surface area contributed by atoms with E-state index in [1.807, 2.05) is 13.8 Å². The van der Waals surface area contributed by atoms with Gasteiger partial charge in [-0.15, -0.1) is 10.2 Å². The number of carbonyl (C=O) groups is 2. The van der Waals surface area contributed by atoms with Gasteiger partial charge in [0.05, 0.1) is 5.92 Å². The largest absolute Gasteiger partial charge is 0.368 e. The molecule has 7 nitrogen and oxygen atoms in total. The van der Waals surface area contributed by atoms with E-state index in [0.717, 1.165) is 18.4 Å². The molecule has 0 saturated heterocycles. The molecule has 1 aromatic carbocycles. The maximum atomic E-state index is 13.1. The molecule has 0 bridgehead atoms. The predicted octanol–water partition coefficient (Wildman–Crippen LogP) is 2.60. The minimum atomic E-state index is -0.630. The molecule has 3 rings (SSSR count). The van der Waals surface area contributed by atoms with Gasteiger partial charge in [-0.25, -0.2) is 9.18 Å². The minimum absolute atomic E-state index is 0.0435. The lowest BCUT2D eigenvalue weighted by Crippen LogP contribution is -2.29. The van der Waals surface area contributed by atoms with E-state index in [2.05, 4.69) is 21.0 Å². The first-order chi connectivity index (χ1) is 12.8. The Labute approximate surface area is 156 Å². The van der Waals surface area contributed by atoms with Crippen LogP contribution in [0.3, 0.4) is 0 Å². The molecule has 2 aromatic rings. The number of carbonyl (C=O) groups excluding carboxylic acids is 2. The molecule has 8 heteroatoms. The summed E-state index contributed by atoms with van der Waals surface area (Å²) in [6, 6.07) is 9.46. The number of nitrogens with one attached hydrogen (secondary N) is 2. The van der Waals surface area contributed by atoms with Crippen molar-refractivity contribution in [3.05, 3.63) is 53.5 Å². The van der Waals surface area contributed by atoms with Crippen molar-refractivity contribution in [2.24, 2.45) is 5.92 Å². The Hall–Kier alpha value is -3.03. The van der Waals surface area contributed by atoms with Crippen LogP contribution in [0.5, 0.6) is 0 Å². The van der Waals surface area contributed by atoms with Crippen molar-refractivity contribution in [1.29, 1.82) is 0 Å². The summed E-state index contributed by atoms with van der Waals surface area (Å²) in [7, 11) is 0. The Morgan fingerprint density at radius 2 is 1.85 bits per heavy atom. The molecule has 1 aliphatic rings. The maximum Gasteiger partial charge on any atom is 0.335 e. The molecule has 142 valence electrons. The Morgan fingerprint density at radius 1 is 1.15 bits per heavy atom. The van der Waals surface area contributed by atoms with E-state index in [-0.39, 0.29) is 22.8 Å². The van der Waals surface area contributed by atoms with Crippen molar-refractivity contribution in [3.8, 4) is 0 Å². The van der Waals surface area contributed by atoms with Crippen molar-refractivity contribution < 1.29 is 18.8 Å². The summed E-state index contributed by atoms with van der Waals surface area (Å²) < 4.78 is 13.1. The van der Waals surface area contributed by atoms with Crippen LogP contribution in [0.15, 0.2) is 36.4 Å². The molecule has 1 fully saturated rings. The molecule has 0 atom stereocenters. The van der Waals surface area contributed by atoms with Crippen molar-refractivity contribution in [1.82, 2.24) is 15.7 Å². The molecule has 0 aliphatic heterocycles. The Balaban J connectivity index is 1.53. The average Bonchev–Trinajstić information content (AvgIpc) is 3.50. The van der Waals surface area contributed by atoms with Gasteiger partial charge in [0.2, 0.25) is 0 Å². The number of halogens is 1. The van der Waals surface area contributed by atoms with Gasteiger partial charge in [-0.05, 0) is 42.7 Å². The number of hydroxylamine groups is 1. The highest BCUT2D eigenvalue weighted by atomic mass is 19.1. The van der Waals surface area contributed by atoms with E-state index in [0.29, 0.717) is 12.4 Å². The van der Waals surface area contributed by atoms with Gasteiger partial charge in [-0.1, -0.05) is 26.0 Å². The number of anilines is 1. The first-order valence-corrected chi connectivity index (χ1v) is 8.70. The average molecular weight is 372 g/mol. The van der Waals surface area contributed by atoms with Crippen molar-refractivity contribution >= 4 is 17.7 Å². The van der Waals surface area contributed by atoms with Crippen molar-refractivity contribution in [3.63, 3.8) is 0 Å². The lowest BCUT2D eigenvalue weighted by atomic mass is 9.84. The van der Waals surface area contributed by atoms with Crippen LogP contribution in [-0.2, 0) is 15.0 Å². The zero-order valence-corrected chi connectivity index (χ0v) is 15.2. The number of amides is 1. The van der Waals surface area contributed by atoms with Gasteiger partial charge < -0.3 is 10.2 Å². The summed E-state index contributed by atoms with van der Waals surface area (Å²) in [6.07, 6.45) is 1.59. The smallest absolute Gasteiger partial charge is 0.335 e. The second-order valence-electron chi connectivity index (χ2n) is 7.17. The molecule has 0 spiro atoms. The van der Waals surface area contributed by atoms with Crippen LogP contribution in [-0.4, -0.2) is 28.6 Å². The summed E-state index contributed by atoms with van der Waals surface area (Å²) in [5.41, 5.74) is 2.85. The van der Waals surface area contributed by atoms with E-state index in [1.165, 1.54) is 18.2 Å². The fourth-order valence-corrected chi connectivity index (χ4v) is 2.41. The molecule has 0 unspecified atom stereocenters. The van der Waals surface area contributed by atoms with Crippen LogP contribution in [0, 0.1) is 11.7 Å². The van der Waals surface area contributed by atoms with Gasteiger partial charge in [0.15, 0.2) is 5.69 Å². The third kappa shape index (κ3) is 4.99. The molecule has 1 heterocycles. The summed E-state index contributed by atoms with van der Waals surface area (Å²) >= 11 is 0. The second kappa shape index (κ2) is 7.69. The third-order valence-electron chi connectivity index (χ3n) is 4.39. The van der Waals surface area contributed by atoms with Crippen LogP contribution in [0.4, 0.5) is 10.2 Å². The summed E-state index contributed by atoms with van der Waals surface area (Å²) in [5.74, 6) is -0.943. The number of aromatic nitrogens is 2. The highest BCUT2D eigenvalue weighted by molar-refractivity contribution is 5.92. The first-order valence-electron chi connectivity index (χ1n) is 8.70. The van der Waals surface area contributed by atoms with E-state index < -0.39 is 11.9 Å². The summed E-state index contributed by atoms with van der Waals surface area (Å²) in [6.45, 7) is 4.59. The maximum absolute atomic E-state index is 13.1.